The highest BCUT2D eigenvalue weighted by atomic mass is 35.5. The van der Waals surface area contributed by atoms with E-state index < -0.39 is 10.0 Å². The summed E-state index contributed by atoms with van der Waals surface area (Å²) in [6.07, 6.45) is 1.58. The molecule has 0 saturated heterocycles. The zero-order valence-corrected chi connectivity index (χ0v) is 14.3. The van der Waals surface area contributed by atoms with Crippen LogP contribution in [0.5, 0.6) is 0 Å². The van der Waals surface area contributed by atoms with Crippen molar-refractivity contribution in [3.8, 4) is 0 Å². The van der Waals surface area contributed by atoms with E-state index in [-0.39, 0.29) is 22.5 Å². The van der Waals surface area contributed by atoms with Crippen molar-refractivity contribution < 1.29 is 8.42 Å². The summed E-state index contributed by atoms with van der Waals surface area (Å²) in [5.41, 5.74) is 0.891. The highest BCUT2D eigenvalue weighted by Gasteiger charge is 2.28. The van der Waals surface area contributed by atoms with E-state index in [4.69, 9.17) is 11.6 Å². The largest absolute Gasteiger partial charge is 0.313 e. The lowest BCUT2D eigenvalue weighted by Crippen LogP contribution is -2.37. The maximum Gasteiger partial charge on any atom is 0.245 e. The summed E-state index contributed by atoms with van der Waals surface area (Å²) in [7, 11) is -3.64. The van der Waals surface area contributed by atoms with Gasteiger partial charge in [0, 0.05) is 19.1 Å². The standard InChI is InChI=1S/C15H23ClN2O2S/c1-5-9-18(12(3)4)21(19,20)15-10-13(11-17-6-2)7-8-14(15)16/h5,7-8,10,12,17H,1,6,9,11H2,2-4H3. The molecular formula is C15H23ClN2O2S. The number of sulfonamides is 1. The van der Waals surface area contributed by atoms with Gasteiger partial charge < -0.3 is 5.32 Å². The fourth-order valence-electron chi connectivity index (χ4n) is 1.96. The molecule has 0 aromatic heterocycles. The van der Waals surface area contributed by atoms with E-state index in [0.29, 0.717) is 6.54 Å². The van der Waals surface area contributed by atoms with Crippen LogP contribution < -0.4 is 5.32 Å². The van der Waals surface area contributed by atoms with E-state index in [1.807, 2.05) is 26.8 Å². The van der Waals surface area contributed by atoms with Crippen molar-refractivity contribution >= 4 is 21.6 Å². The van der Waals surface area contributed by atoms with Crippen molar-refractivity contribution in [2.24, 2.45) is 0 Å². The van der Waals surface area contributed by atoms with Gasteiger partial charge in [-0.15, -0.1) is 6.58 Å². The normalized spacial score (nSPS) is 12.1. The van der Waals surface area contributed by atoms with Gasteiger partial charge in [0.1, 0.15) is 4.90 Å². The van der Waals surface area contributed by atoms with Gasteiger partial charge in [-0.1, -0.05) is 30.7 Å². The first kappa shape index (κ1) is 18.2. The number of nitrogens with one attached hydrogen (secondary N) is 1. The fourth-order valence-corrected chi connectivity index (χ4v) is 4.10. The van der Waals surface area contributed by atoms with Gasteiger partial charge in [0.25, 0.3) is 0 Å². The van der Waals surface area contributed by atoms with E-state index in [1.165, 1.54) is 4.31 Å². The molecular weight excluding hydrogens is 308 g/mol. The van der Waals surface area contributed by atoms with Crippen LogP contribution >= 0.6 is 11.6 Å². The topological polar surface area (TPSA) is 49.4 Å². The van der Waals surface area contributed by atoms with Crippen molar-refractivity contribution in [2.75, 3.05) is 13.1 Å². The van der Waals surface area contributed by atoms with Gasteiger partial charge in [0.15, 0.2) is 0 Å². The number of hydrogen-bond donors (Lipinski definition) is 1. The molecule has 0 amide bonds. The van der Waals surface area contributed by atoms with E-state index >= 15 is 0 Å². The summed E-state index contributed by atoms with van der Waals surface area (Å²) >= 11 is 6.11. The molecule has 1 rings (SSSR count). The summed E-state index contributed by atoms with van der Waals surface area (Å²) in [6, 6.07) is 4.94. The first-order valence-electron chi connectivity index (χ1n) is 6.96. The molecule has 6 heteroatoms. The van der Waals surface area contributed by atoms with Crippen molar-refractivity contribution in [3.63, 3.8) is 0 Å². The van der Waals surface area contributed by atoms with Gasteiger partial charge in [0.2, 0.25) is 10.0 Å². The quantitative estimate of drug-likeness (QED) is 0.745. The number of halogens is 1. The predicted octanol–water partition coefficient (Wildman–Crippen LogP) is 3.03. The first-order valence-corrected chi connectivity index (χ1v) is 8.78. The molecule has 0 atom stereocenters. The number of benzene rings is 1. The Morgan fingerprint density at radius 1 is 1.43 bits per heavy atom. The molecule has 0 unspecified atom stereocenters. The van der Waals surface area contributed by atoms with Crippen molar-refractivity contribution in [3.05, 3.63) is 41.4 Å². The maximum absolute atomic E-state index is 12.8. The van der Waals surface area contributed by atoms with E-state index in [1.54, 1.807) is 18.2 Å². The second-order valence-electron chi connectivity index (χ2n) is 5.00. The molecule has 1 aromatic carbocycles. The smallest absolute Gasteiger partial charge is 0.245 e. The van der Waals surface area contributed by atoms with Crippen LogP contribution in [0.25, 0.3) is 0 Å². The Balaban J connectivity index is 3.25. The zero-order valence-electron chi connectivity index (χ0n) is 12.8. The van der Waals surface area contributed by atoms with Crippen molar-refractivity contribution in [1.29, 1.82) is 0 Å². The summed E-state index contributed by atoms with van der Waals surface area (Å²) in [5, 5.41) is 3.41. The molecule has 1 aromatic rings. The molecule has 0 spiro atoms. The predicted molar refractivity (Wildman–Crippen MR) is 88.1 cm³/mol. The lowest BCUT2D eigenvalue weighted by atomic mass is 10.2. The third kappa shape index (κ3) is 4.54. The Bertz CT molecular complexity index is 585. The van der Waals surface area contributed by atoms with Gasteiger partial charge in [-0.05, 0) is 38.1 Å². The highest BCUT2D eigenvalue weighted by Crippen LogP contribution is 2.27. The molecule has 0 aliphatic heterocycles. The summed E-state index contributed by atoms with van der Waals surface area (Å²) < 4.78 is 27.0. The van der Waals surface area contributed by atoms with E-state index in [9.17, 15) is 8.42 Å². The van der Waals surface area contributed by atoms with Crippen LogP contribution in [0.4, 0.5) is 0 Å². The first-order chi connectivity index (χ1) is 9.84. The third-order valence-electron chi connectivity index (χ3n) is 3.05. The SMILES string of the molecule is C=CCN(C(C)C)S(=O)(=O)c1cc(CNCC)ccc1Cl. The lowest BCUT2D eigenvalue weighted by Gasteiger charge is -2.25. The maximum atomic E-state index is 12.8. The van der Waals surface area contributed by atoms with Gasteiger partial charge in [-0.3, -0.25) is 0 Å². The van der Waals surface area contributed by atoms with Crippen LogP contribution in [0.15, 0.2) is 35.7 Å². The van der Waals surface area contributed by atoms with Crippen molar-refractivity contribution in [1.82, 2.24) is 9.62 Å². The summed E-state index contributed by atoms with van der Waals surface area (Å²) in [5.74, 6) is 0. The fraction of sp³-hybridized carbons (Fsp3) is 0.467. The Kier molecular flexibility index (Phi) is 6.87. The minimum absolute atomic E-state index is 0.148. The Morgan fingerprint density at radius 3 is 2.62 bits per heavy atom. The average molecular weight is 331 g/mol. The molecule has 0 heterocycles. The van der Waals surface area contributed by atoms with Gasteiger partial charge in [-0.2, -0.15) is 4.31 Å². The van der Waals surface area contributed by atoms with Crippen LogP contribution in [0.3, 0.4) is 0 Å². The summed E-state index contributed by atoms with van der Waals surface area (Å²) in [6.45, 7) is 11.0. The van der Waals surface area contributed by atoms with Crippen LogP contribution in [0.2, 0.25) is 5.02 Å². The molecule has 21 heavy (non-hydrogen) atoms. The van der Waals surface area contributed by atoms with Gasteiger partial charge in [-0.25, -0.2) is 8.42 Å². The summed E-state index contributed by atoms with van der Waals surface area (Å²) in [4.78, 5) is 0.148. The molecule has 118 valence electrons. The molecule has 0 saturated carbocycles. The van der Waals surface area contributed by atoms with Crippen LogP contribution in [-0.2, 0) is 16.6 Å². The van der Waals surface area contributed by atoms with E-state index in [2.05, 4.69) is 11.9 Å². The lowest BCUT2D eigenvalue weighted by molar-refractivity contribution is 0.383. The highest BCUT2D eigenvalue weighted by molar-refractivity contribution is 7.89. The third-order valence-corrected chi connectivity index (χ3v) is 5.57. The molecule has 1 N–H and O–H groups in total. The van der Waals surface area contributed by atoms with Crippen LogP contribution in [0.1, 0.15) is 26.3 Å². The monoisotopic (exact) mass is 330 g/mol. The van der Waals surface area contributed by atoms with Gasteiger partial charge in [0.05, 0.1) is 5.02 Å². The molecule has 0 fully saturated rings. The van der Waals surface area contributed by atoms with E-state index in [0.717, 1.165) is 12.1 Å². The Labute approximate surface area is 132 Å². The Hall–Kier alpha value is -0.880. The second-order valence-corrected chi connectivity index (χ2v) is 7.27. The van der Waals surface area contributed by atoms with Crippen LogP contribution in [0, 0.1) is 0 Å². The molecule has 0 aliphatic rings. The second kappa shape index (κ2) is 7.94. The zero-order chi connectivity index (χ0) is 16.0. The number of hydrogen-bond acceptors (Lipinski definition) is 3. The number of rotatable bonds is 8. The molecule has 0 bridgehead atoms. The number of nitrogens with zero attached hydrogens (tertiary/aromatic N) is 1. The minimum Gasteiger partial charge on any atom is -0.313 e. The minimum atomic E-state index is -3.64. The molecule has 0 aliphatic carbocycles. The average Bonchev–Trinajstić information content (AvgIpc) is 2.43. The van der Waals surface area contributed by atoms with Crippen molar-refractivity contribution in [2.45, 2.75) is 38.3 Å². The Morgan fingerprint density at radius 2 is 2.10 bits per heavy atom. The van der Waals surface area contributed by atoms with Crippen LogP contribution in [-0.4, -0.2) is 31.9 Å². The van der Waals surface area contributed by atoms with Gasteiger partial charge >= 0.3 is 0 Å². The molecule has 0 radical (unpaired) electrons. The molecule has 4 nitrogen and oxygen atoms in total.